The zero-order valence-electron chi connectivity index (χ0n) is 9.61. The van der Waals surface area contributed by atoms with Crippen LogP contribution in [-0.4, -0.2) is 4.98 Å². The zero-order chi connectivity index (χ0) is 13.0. The maximum atomic E-state index is 6.18. The van der Waals surface area contributed by atoms with Gasteiger partial charge in [0.1, 0.15) is 0 Å². The summed E-state index contributed by atoms with van der Waals surface area (Å²) in [6.07, 6.45) is 4.19. The second kappa shape index (κ2) is 6.16. The number of nitrogens with one attached hydrogen (secondary N) is 1. The fourth-order valence-electron chi connectivity index (χ4n) is 1.84. The van der Waals surface area contributed by atoms with Crippen molar-refractivity contribution in [3.63, 3.8) is 0 Å². The molecular weight excluding hydrogens is 269 g/mol. The molecule has 1 atom stereocenters. The molecular formula is C13H13Cl2N3. The SMILES string of the molecule is NNC(Cc1ccncc1)c1c(Cl)cccc1Cl. The summed E-state index contributed by atoms with van der Waals surface area (Å²) in [5, 5.41) is 1.22. The Morgan fingerprint density at radius 3 is 2.28 bits per heavy atom. The van der Waals surface area contributed by atoms with Crippen molar-refractivity contribution >= 4 is 23.2 Å². The van der Waals surface area contributed by atoms with E-state index < -0.39 is 0 Å². The van der Waals surface area contributed by atoms with E-state index in [0.717, 1.165) is 11.1 Å². The van der Waals surface area contributed by atoms with Crippen LogP contribution in [0.1, 0.15) is 17.2 Å². The van der Waals surface area contributed by atoms with Gasteiger partial charge in [-0.05, 0) is 36.2 Å². The summed E-state index contributed by atoms with van der Waals surface area (Å²) >= 11 is 12.4. The first-order valence-corrected chi connectivity index (χ1v) is 6.27. The molecule has 5 heteroatoms. The van der Waals surface area contributed by atoms with Crippen LogP contribution in [0.2, 0.25) is 10.0 Å². The van der Waals surface area contributed by atoms with E-state index in [1.807, 2.05) is 18.2 Å². The normalized spacial score (nSPS) is 12.4. The summed E-state index contributed by atoms with van der Waals surface area (Å²) in [7, 11) is 0. The smallest absolute Gasteiger partial charge is 0.0529 e. The highest BCUT2D eigenvalue weighted by Crippen LogP contribution is 2.31. The van der Waals surface area contributed by atoms with Crippen molar-refractivity contribution in [2.24, 2.45) is 5.84 Å². The van der Waals surface area contributed by atoms with Gasteiger partial charge in [0.25, 0.3) is 0 Å². The highest BCUT2D eigenvalue weighted by Gasteiger charge is 2.17. The molecule has 0 aliphatic heterocycles. The van der Waals surface area contributed by atoms with Gasteiger partial charge in [0.15, 0.2) is 0 Å². The van der Waals surface area contributed by atoms with Gasteiger partial charge in [0.05, 0.1) is 6.04 Å². The van der Waals surface area contributed by atoms with Crippen LogP contribution < -0.4 is 11.3 Å². The van der Waals surface area contributed by atoms with Gasteiger partial charge in [0.2, 0.25) is 0 Å². The van der Waals surface area contributed by atoms with Crippen LogP contribution in [0.3, 0.4) is 0 Å². The summed E-state index contributed by atoms with van der Waals surface area (Å²) in [5.41, 5.74) is 4.69. The highest BCUT2D eigenvalue weighted by atomic mass is 35.5. The first kappa shape index (κ1) is 13.3. The second-order valence-corrected chi connectivity index (χ2v) is 4.73. The number of aromatic nitrogens is 1. The van der Waals surface area contributed by atoms with Crippen LogP contribution in [0.4, 0.5) is 0 Å². The number of hydrazine groups is 1. The van der Waals surface area contributed by atoms with Gasteiger partial charge < -0.3 is 0 Å². The van der Waals surface area contributed by atoms with Gasteiger partial charge in [-0.25, -0.2) is 0 Å². The average molecular weight is 282 g/mol. The van der Waals surface area contributed by atoms with Gasteiger partial charge in [-0.1, -0.05) is 29.3 Å². The van der Waals surface area contributed by atoms with Crippen molar-refractivity contribution in [3.05, 3.63) is 63.9 Å². The number of hydrogen-bond acceptors (Lipinski definition) is 3. The minimum Gasteiger partial charge on any atom is -0.271 e. The molecule has 3 N–H and O–H groups in total. The molecule has 0 spiro atoms. The molecule has 0 amide bonds. The molecule has 18 heavy (non-hydrogen) atoms. The van der Waals surface area contributed by atoms with Crippen LogP contribution in [0, 0.1) is 0 Å². The lowest BCUT2D eigenvalue weighted by Gasteiger charge is -2.19. The molecule has 2 aromatic rings. The standard InChI is InChI=1S/C13H13Cl2N3/c14-10-2-1-3-11(15)13(10)12(18-16)8-9-4-6-17-7-5-9/h1-7,12,18H,8,16H2. The number of pyridine rings is 1. The highest BCUT2D eigenvalue weighted by molar-refractivity contribution is 6.36. The largest absolute Gasteiger partial charge is 0.271 e. The lowest BCUT2D eigenvalue weighted by atomic mass is 10.00. The molecule has 0 fully saturated rings. The number of nitrogens with two attached hydrogens (primary N) is 1. The van der Waals surface area contributed by atoms with E-state index in [1.54, 1.807) is 24.5 Å². The fraction of sp³-hybridized carbons (Fsp3) is 0.154. The molecule has 0 saturated carbocycles. The average Bonchev–Trinajstić information content (AvgIpc) is 2.38. The quantitative estimate of drug-likeness (QED) is 0.669. The minimum absolute atomic E-state index is 0.131. The Morgan fingerprint density at radius 1 is 1.11 bits per heavy atom. The fourth-order valence-corrected chi connectivity index (χ4v) is 2.50. The van der Waals surface area contributed by atoms with E-state index >= 15 is 0 Å². The first-order valence-electron chi connectivity index (χ1n) is 5.51. The first-order chi connectivity index (χ1) is 8.72. The Bertz CT molecular complexity index is 497. The van der Waals surface area contributed by atoms with E-state index in [1.165, 1.54) is 0 Å². The van der Waals surface area contributed by atoms with Crippen molar-refractivity contribution in [2.75, 3.05) is 0 Å². The van der Waals surface area contributed by atoms with Crippen molar-refractivity contribution in [2.45, 2.75) is 12.5 Å². The number of nitrogens with zero attached hydrogens (tertiary/aromatic N) is 1. The molecule has 3 nitrogen and oxygen atoms in total. The Hall–Kier alpha value is -1.13. The molecule has 2 rings (SSSR count). The molecule has 1 aromatic heterocycles. The number of halogens is 2. The van der Waals surface area contributed by atoms with E-state index in [9.17, 15) is 0 Å². The summed E-state index contributed by atoms with van der Waals surface area (Å²) in [6, 6.07) is 9.17. The van der Waals surface area contributed by atoms with Gasteiger partial charge in [-0.3, -0.25) is 16.3 Å². The Balaban J connectivity index is 2.29. The summed E-state index contributed by atoms with van der Waals surface area (Å²) in [5.74, 6) is 5.61. The van der Waals surface area contributed by atoms with Crippen LogP contribution in [-0.2, 0) is 6.42 Å². The second-order valence-electron chi connectivity index (χ2n) is 3.91. The molecule has 0 saturated heterocycles. The van der Waals surface area contributed by atoms with E-state index in [4.69, 9.17) is 29.0 Å². The van der Waals surface area contributed by atoms with Gasteiger partial charge in [-0.2, -0.15) is 0 Å². The minimum atomic E-state index is -0.131. The monoisotopic (exact) mass is 281 g/mol. The molecule has 1 unspecified atom stereocenters. The lowest BCUT2D eigenvalue weighted by Crippen LogP contribution is -2.30. The van der Waals surface area contributed by atoms with Crippen LogP contribution >= 0.6 is 23.2 Å². The Kier molecular flexibility index (Phi) is 4.55. The molecule has 0 aliphatic carbocycles. The van der Waals surface area contributed by atoms with Crippen molar-refractivity contribution < 1.29 is 0 Å². The molecule has 94 valence electrons. The lowest BCUT2D eigenvalue weighted by molar-refractivity contribution is 0.552. The number of hydrogen-bond donors (Lipinski definition) is 2. The van der Waals surface area contributed by atoms with Crippen LogP contribution in [0.15, 0.2) is 42.7 Å². The van der Waals surface area contributed by atoms with Gasteiger partial charge >= 0.3 is 0 Å². The molecule has 0 bridgehead atoms. The molecule has 1 heterocycles. The summed E-state index contributed by atoms with van der Waals surface area (Å²) < 4.78 is 0. The number of rotatable bonds is 4. The van der Waals surface area contributed by atoms with E-state index in [2.05, 4.69) is 10.4 Å². The van der Waals surface area contributed by atoms with E-state index in [0.29, 0.717) is 16.5 Å². The maximum absolute atomic E-state index is 6.18. The van der Waals surface area contributed by atoms with Crippen LogP contribution in [0.5, 0.6) is 0 Å². The Morgan fingerprint density at radius 2 is 1.72 bits per heavy atom. The van der Waals surface area contributed by atoms with Crippen molar-refractivity contribution in [1.82, 2.24) is 10.4 Å². The predicted octanol–water partition coefficient (Wildman–Crippen LogP) is 3.14. The third-order valence-corrected chi connectivity index (χ3v) is 3.40. The zero-order valence-corrected chi connectivity index (χ0v) is 11.1. The molecule has 1 aromatic carbocycles. The van der Waals surface area contributed by atoms with Crippen molar-refractivity contribution in [1.29, 1.82) is 0 Å². The summed E-state index contributed by atoms with van der Waals surface area (Å²) in [4.78, 5) is 3.98. The van der Waals surface area contributed by atoms with Gasteiger partial charge in [0, 0.05) is 28.0 Å². The molecule has 0 aliphatic rings. The predicted molar refractivity (Wildman–Crippen MR) is 74.5 cm³/mol. The van der Waals surface area contributed by atoms with Crippen molar-refractivity contribution in [3.8, 4) is 0 Å². The van der Waals surface area contributed by atoms with Gasteiger partial charge in [-0.15, -0.1) is 0 Å². The van der Waals surface area contributed by atoms with E-state index in [-0.39, 0.29) is 6.04 Å². The van der Waals surface area contributed by atoms with Crippen LogP contribution in [0.25, 0.3) is 0 Å². The third kappa shape index (κ3) is 3.00. The molecule has 0 radical (unpaired) electrons. The summed E-state index contributed by atoms with van der Waals surface area (Å²) in [6.45, 7) is 0. The maximum Gasteiger partial charge on any atom is 0.0529 e. The Labute approximate surface area is 116 Å². The topological polar surface area (TPSA) is 50.9 Å². The third-order valence-electron chi connectivity index (χ3n) is 2.74. The number of benzene rings is 1.